The van der Waals surface area contributed by atoms with Crippen molar-refractivity contribution in [1.29, 1.82) is 0 Å². The summed E-state index contributed by atoms with van der Waals surface area (Å²) in [6.07, 6.45) is 0.302. The number of phenolic OH excluding ortho intramolecular Hbond substituents is 2. The molecule has 2 saturated heterocycles. The van der Waals surface area contributed by atoms with Gasteiger partial charge in [0.2, 0.25) is 11.8 Å². The smallest absolute Gasteiger partial charge is 0.436 e. The van der Waals surface area contributed by atoms with E-state index in [0.29, 0.717) is 44.2 Å². The Kier molecular flexibility index (Phi) is 13.1. The summed E-state index contributed by atoms with van der Waals surface area (Å²) in [7, 11) is 0. The maximum Gasteiger partial charge on any atom is 0.436 e. The van der Waals surface area contributed by atoms with Gasteiger partial charge in [0.15, 0.2) is 12.3 Å². The normalized spacial score (nSPS) is 19.4. The minimum Gasteiger partial charge on any atom is -0.508 e. The maximum absolute atomic E-state index is 14.7. The summed E-state index contributed by atoms with van der Waals surface area (Å²) in [6, 6.07) is 20.9. The molecule has 3 aromatic carbocycles. The van der Waals surface area contributed by atoms with Crippen LogP contribution in [0.25, 0.3) is 0 Å². The number of hydrogen-bond acceptors (Lipinski definition) is 8. The Labute approximate surface area is 305 Å². The van der Waals surface area contributed by atoms with Crippen LogP contribution in [0.15, 0.2) is 78.9 Å². The van der Waals surface area contributed by atoms with E-state index in [1.165, 1.54) is 21.9 Å². The number of hydroxylamine groups is 2. The van der Waals surface area contributed by atoms with Crippen LogP contribution >= 0.6 is 0 Å². The molecule has 278 valence electrons. The number of carbonyl (C=O) groups excluding carboxylic acids is 4. The van der Waals surface area contributed by atoms with E-state index < -0.39 is 42.3 Å². The quantitative estimate of drug-likeness (QED) is 0.200. The van der Waals surface area contributed by atoms with Crippen molar-refractivity contribution in [2.45, 2.75) is 90.1 Å². The number of fused-ring (bicyclic) bond motifs is 1. The van der Waals surface area contributed by atoms with Crippen molar-refractivity contribution in [2.75, 3.05) is 19.7 Å². The van der Waals surface area contributed by atoms with Gasteiger partial charge >= 0.3 is 6.09 Å². The molecule has 52 heavy (non-hydrogen) atoms. The number of benzene rings is 3. The largest absolute Gasteiger partial charge is 0.508 e. The van der Waals surface area contributed by atoms with Crippen LogP contribution in [0.1, 0.15) is 63.1 Å². The molecule has 5 rings (SSSR count). The fourth-order valence-electron chi connectivity index (χ4n) is 6.74. The summed E-state index contributed by atoms with van der Waals surface area (Å²) in [6.45, 7) is 6.11. The lowest BCUT2D eigenvalue weighted by Crippen LogP contribution is -2.75. The zero-order valence-electron chi connectivity index (χ0n) is 30.1. The van der Waals surface area contributed by atoms with Crippen LogP contribution < -0.4 is 5.32 Å². The highest BCUT2D eigenvalue weighted by atomic mass is 16.7. The first-order chi connectivity index (χ1) is 25.0. The average molecular weight is 715 g/mol. The van der Waals surface area contributed by atoms with Crippen LogP contribution in [0.2, 0.25) is 0 Å². The summed E-state index contributed by atoms with van der Waals surface area (Å²) in [5.74, 6) is -0.903. The van der Waals surface area contributed by atoms with Crippen LogP contribution in [0, 0.1) is 5.92 Å². The minimum atomic E-state index is -1.07. The highest BCUT2D eigenvalue weighted by Gasteiger charge is 2.55. The zero-order valence-corrected chi connectivity index (χ0v) is 30.1. The van der Waals surface area contributed by atoms with Gasteiger partial charge in [-0.2, -0.15) is 5.06 Å². The number of nitrogens with zero attached hydrogens (tertiary/aromatic N) is 3. The average Bonchev–Trinajstić information content (AvgIpc) is 3.13. The van der Waals surface area contributed by atoms with E-state index in [0.717, 1.165) is 22.6 Å². The van der Waals surface area contributed by atoms with E-state index in [-0.39, 0.29) is 42.9 Å². The Hall–Kier alpha value is -5.10. The predicted molar refractivity (Wildman–Crippen MR) is 194 cm³/mol. The molecular formula is C40H50N4O8. The predicted octanol–water partition coefficient (Wildman–Crippen LogP) is 4.96. The number of rotatable bonds is 15. The molecule has 2 fully saturated rings. The van der Waals surface area contributed by atoms with Crippen molar-refractivity contribution in [3.63, 3.8) is 0 Å². The first kappa shape index (κ1) is 38.1. The fourth-order valence-corrected chi connectivity index (χ4v) is 6.74. The van der Waals surface area contributed by atoms with Crippen LogP contribution in [0.3, 0.4) is 0 Å². The zero-order chi connectivity index (χ0) is 37.2. The maximum atomic E-state index is 14.7. The molecule has 0 aliphatic carbocycles. The van der Waals surface area contributed by atoms with Crippen molar-refractivity contribution in [1.82, 2.24) is 20.2 Å². The van der Waals surface area contributed by atoms with Gasteiger partial charge in [0.1, 0.15) is 23.6 Å². The molecule has 12 heteroatoms. The molecule has 0 spiro atoms. The van der Waals surface area contributed by atoms with E-state index in [9.17, 15) is 29.4 Å². The summed E-state index contributed by atoms with van der Waals surface area (Å²) < 4.78 is 5.70. The van der Waals surface area contributed by atoms with Crippen molar-refractivity contribution in [2.24, 2.45) is 5.92 Å². The van der Waals surface area contributed by atoms with Crippen molar-refractivity contribution in [3.8, 4) is 11.5 Å². The molecule has 2 aliphatic rings. The SMILES string of the molecule is CCCC[C@@H](C(=O)NCCc1ccccc1)N1CC2N(C(=O)OCCc3ccc(O)cc3)O[C@H](CC(C)C)C(=O)N2[C@@H](Cc2ccc(O)cc2)C1=O. The molecule has 4 amide bonds. The second-order valence-corrected chi connectivity index (χ2v) is 13.9. The van der Waals surface area contributed by atoms with Gasteiger partial charge in [0.05, 0.1) is 13.2 Å². The molecule has 3 N–H and O–H groups in total. The minimum absolute atomic E-state index is 0.00150. The van der Waals surface area contributed by atoms with Crippen LogP contribution in [-0.4, -0.2) is 92.9 Å². The van der Waals surface area contributed by atoms with Gasteiger partial charge in [-0.25, -0.2) is 4.79 Å². The number of hydrogen-bond donors (Lipinski definition) is 3. The van der Waals surface area contributed by atoms with Crippen LogP contribution in [0.4, 0.5) is 4.79 Å². The number of amides is 4. The second-order valence-electron chi connectivity index (χ2n) is 13.9. The Morgan fingerprint density at radius 1 is 0.885 bits per heavy atom. The van der Waals surface area contributed by atoms with E-state index in [4.69, 9.17) is 9.57 Å². The van der Waals surface area contributed by atoms with Crippen molar-refractivity contribution < 1.29 is 39.0 Å². The summed E-state index contributed by atoms with van der Waals surface area (Å²) in [4.78, 5) is 65.8. The van der Waals surface area contributed by atoms with Crippen LogP contribution in [-0.2, 0) is 43.2 Å². The third-order valence-corrected chi connectivity index (χ3v) is 9.48. The summed E-state index contributed by atoms with van der Waals surface area (Å²) in [5.41, 5.74) is 2.61. The van der Waals surface area contributed by atoms with Gasteiger partial charge in [0, 0.05) is 19.4 Å². The van der Waals surface area contributed by atoms with Gasteiger partial charge in [0.25, 0.3) is 5.91 Å². The molecule has 0 bridgehead atoms. The van der Waals surface area contributed by atoms with Gasteiger partial charge in [-0.05, 0) is 66.1 Å². The molecule has 4 atom stereocenters. The summed E-state index contributed by atoms with van der Waals surface area (Å²) >= 11 is 0. The second kappa shape index (κ2) is 17.9. The van der Waals surface area contributed by atoms with Gasteiger partial charge in [-0.15, -0.1) is 0 Å². The summed E-state index contributed by atoms with van der Waals surface area (Å²) in [5, 5.41) is 23.7. The Balaban J connectivity index is 1.45. The molecule has 2 aliphatic heterocycles. The number of nitrogens with one attached hydrogen (secondary N) is 1. The molecule has 3 aromatic rings. The van der Waals surface area contributed by atoms with Crippen molar-refractivity contribution in [3.05, 3.63) is 95.6 Å². The lowest BCUT2D eigenvalue weighted by Gasteiger charge is -2.53. The highest BCUT2D eigenvalue weighted by Crippen LogP contribution is 2.33. The number of unbranched alkanes of at least 4 members (excludes halogenated alkanes) is 1. The lowest BCUT2D eigenvalue weighted by molar-refractivity contribution is -0.269. The Morgan fingerprint density at radius 3 is 2.15 bits per heavy atom. The number of aromatic hydroxyl groups is 2. The van der Waals surface area contributed by atoms with Gasteiger partial charge in [-0.1, -0.05) is 88.2 Å². The van der Waals surface area contributed by atoms with E-state index in [1.807, 2.05) is 51.1 Å². The molecule has 2 heterocycles. The first-order valence-electron chi connectivity index (χ1n) is 18.2. The number of phenols is 2. The van der Waals surface area contributed by atoms with Crippen molar-refractivity contribution >= 4 is 23.8 Å². The fraction of sp³-hybridized carbons (Fsp3) is 0.450. The van der Waals surface area contributed by atoms with Gasteiger partial charge < -0.3 is 30.1 Å². The number of carbonyl (C=O) groups is 4. The first-order valence-corrected chi connectivity index (χ1v) is 18.2. The number of piperazine rings is 1. The topological polar surface area (TPSA) is 149 Å². The number of ether oxygens (including phenoxy) is 1. The standard InChI is InChI=1S/C40H50N4O8/c1-4-5-11-33(37(47)41-22-20-28-9-7-6-8-10-28)42-26-36-43(34(38(42)48)25-30-14-18-32(46)19-15-30)39(49)35(24-27(2)3)52-44(36)40(50)51-23-21-29-12-16-31(45)17-13-29/h6-10,12-19,27,33-36,45-46H,4-5,11,20-26H2,1-3H3,(H,41,47)/t33-,34-,35+,36?/m0/s1. The third-order valence-electron chi connectivity index (χ3n) is 9.48. The van der Waals surface area contributed by atoms with Gasteiger partial charge in [-0.3, -0.25) is 19.2 Å². The van der Waals surface area contributed by atoms with E-state index in [2.05, 4.69) is 5.32 Å². The molecular weight excluding hydrogens is 664 g/mol. The highest BCUT2D eigenvalue weighted by molar-refractivity contribution is 5.95. The molecule has 12 nitrogen and oxygen atoms in total. The molecule has 0 saturated carbocycles. The molecule has 0 radical (unpaired) electrons. The van der Waals surface area contributed by atoms with E-state index >= 15 is 0 Å². The lowest BCUT2D eigenvalue weighted by atomic mass is 9.94. The molecule has 0 aromatic heterocycles. The van der Waals surface area contributed by atoms with E-state index in [1.54, 1.807) is 36.4 Å². The monoisotopic (exact) mass is 714 g/mol. The van der Waals surface area contributed by atoms with Crippen LogP contribution in [0.5, 0.6) is 11.5 Å². The Morgan fingerprint density at radius 2 is 1.52 bits per heavy atom. The third kappa shape index (κ3) is 9.61. The molecule has 1 unspecified atom stereocenters. The Bertz CT molecular complexity index is 1650.